The lowest BCUT2D eigenvalue weighted by atomic mass is 10.1. The first kappa shape index (κ1) is 25.4. The van der Waals surface area contributed by atoms with Crippen molar-refractivity contribution >= 4 is 23.1 Å². The fourth-order valence-electron chi connectivity index (χ4n) is 2.67. The summed E-state index contributed by atoms with van der Waals surface area (Å²) in [4.78, 5) is 12.1. The number of anilines is 1. The van der Waals surface area contributed by atoms with E-state index in [0.717, 1.165) is 30.3 Å². The largest absolute Gasteiger partial charge is 0.515 e. The molecule has 176 valence electrons. The second-order valence-corrected chi connectivity index (χ2v) is 6.80. The molecule has 2 aromatic carbocycles. The Morgan fingerprint density at radius 3 is 2.00 bits per heavy atom. The number of amides is 1. The molecule has 0 atom stereocenters. The van der Waals surface area contributed by atoms with Crippen molar-refractivity contribution in [2.45, 2.75) is 25.8 Å². The number of amidine groups is 1. The summed E-state index contributed by atoms with van der Waals surface area (Å²) in [5.41, 5.74) is -2.73. The maximum absolute atomic E-state index is 13.2. The van der Waals surface area contributed by atoms with Gasteiger partial charge in [-0.2, -0.15) is 26.3 Å². The lowest BCUT2D eigenvalue weighted by Gasteiger charge is -2.17. The predicted octanol–water partition coefficient (Wildman–Crippen LogP) is 5.26. The standard InChI is InChI=1S/C21H18F6N4O2/c1-11(28)16(10-32)19(33)31-18(29)15-7-6-14(21(25,26)27)8-17(15)30-9-12-2-4-13(5-3-12)20(22,23)24/h2-8,10,28,30,32H,9H2,1H3,(H2,29,31,33)/b16-10+,28-11?. The molecule has 0 fully saturated rings. The van der Waals surface area contributed by atoms with Gasteiger partial charge in [0.25, 0.3) is 5.91 Å². The highest BCUT2D eigenvalue weighted by Gasteiger charge is 2.32. The van der Waals surface area contributed by atoms with E-state index in [0.29, 0.717) is 24.0 Å². The molecule has 0 aliphatic heterocycles. The molecule has 0 heterocycles. The molecule has 0 aliphatic carbocycles. The summed E-state index contributed by atoms with van der Waals surface area (Å²) < 4.78 is 77.5. The molecule has 0 bridgehead atoms. The number of hydrogen-bond acceptors (Lipinski definition) is 5. The maximum Gasteiger partial charge on any atom is 0.416 e. The van der Waals surface area contributed by atoms with E-state index in [1.807, 2.05) is 0 Å². The van der Waals surface area contributed by atoms with Crippen molar-refractivity contribution in [1.29, 1.82) is 10.8 Å². The van der Waals surface area contributed by atoms with Crippen LogP contribution in [0.15, 0.2) is 54.3 Å². The minimum atomic E-state index is -4.71. The zero-order valence-corrected chi connectivity index (χ0v) is 16.9. The number of hydrogen-bond donors (Lipinski definition) is 5. The molecule has 0 unspecified atom stereocenters. The van der Waals surface area contributed by atoms with Crippen LogP contribution in [0.3, 0.4) is 0 Å². The van der Waals surface area contributed by atoms with Gasteiger partial charge in [0.2, 0.25) is 0 Å². The van der Waals surface area contributed by atoms with Crippen LogP contribution < -0.4 is 10.6 Å². The number of alkyl halides is 6. The van der Waals surface area contributed by atoms with Crippen molar-refractivity contribution in [2.24, 2.45) is 0 Å². The average molecular weight is 472 g/mol. The number of aliphatic hydroxyl groups is 1. The molecule has 33 heavy (non-hydrogen) atoms. The number of nitrogens with one attached hydrogen (secondary N) is 4. The molecule has 0 radical (unpaired) electrons. The Bertz CT molecular complexity index is 1090. The quantitative estimate of drug-likeness (QED) is 0.130. The van der Waals surface area contributed by atoms with Gasteiger partial charge in [-0.05, 0) is 42.8 Å². The van der Waals surface area contributed by atoms with Gasteiger partial charge in [-0.3, -0.25) is 10.2 Å². The van der Waals surface area contributed by atoms with Gasteiger partial charge in [0.1, 0.15) is 5.84 Å². The molecule has 12 heteroatoms. The Kier molecular flexibility index (Phi) is 7.52. The van der Waals surface area contributed by atoms with Crippen LogP contribution >= 0.6 is 0 Å². The molecular formula is C21H18F6N4O2. The van der Waals surface area contributed by atoms with Gasteiger partial charge in [0.15, 0.2) is 0 Å². The Morgan fingerprint density at radius 1 is 0.970 bits per heavy atom. The summed E-state index contributed by atoms with van der Waals surface area (Å²) in [6.07, 6.45) is -8.88. The number of aliphatic hydroxyl groups excluding tert-OH is 1. The van der Waals surface area contributed by atoms with Gasteiger partial charge in [0, 0.05) is 23.5 Å². The SMILES string of the molecule is CC(=N)/C(=C\O)C(=O)NC(=N)c1ccc(C(F)(F)F)cc1NCc1ccc(C(F)(F)F)cc1. The first-order valence-corrected chi connectivity index (χ1v) is 9.15. The highest BCUT2D eigenvalue weighted by molar-refractivity contribution is 6.24. The minimum Gasteiger partial charge on any atom is -0.515 e. The normalized spacial score (nSPS) is 12.3. The van der Waals surface area contributed by atoms with Gasteiger partial charge in [0.05, 0.1) is 23.0 Å². The first-order chi connectivity index (χ1) is 15.2. The van der Waals surface area contributed by atoms with Gasteiger partial charge >= 0.3 is 12.4 Å². The molecule has 0 spiro atoms. The summed E-state index contributed by atoms with van der Waals surface area (Å²) in [6.45, 7) is 1.04. The summed E-state index contributed by atoms with van der Waals surface area (Å²) in [7, 11) is 0. The Morgan fingerprint density at radius 2 is 1.52 bits per heavy atom. The van der Waals surface area contributed by atoms with Crippen molar-refractivity contribution in [3.63, 3.8) is 0 Å². The predicted molar refractivity (Wildman–Crippen MR) is 109 cm³/mol. The molecule has 2 aromatic rings. The lowest BCUT2D eigenvalue weighted by Crippen LogP contribution is -2.34. The van der Waals surface area contributed by atoms with Crippen LogP contribution in [0.2, 0.25) is 0 Å². The van der Waals surface area contributed by atoms with Crippen molar-refractivity contribution in [1.82, 2.24) is 5.32 Å². The highest BCUT2D eigenvalue weighted by atomic mass is 19.4. The summed E-state index contributed by atoms with van der Waals surface area (Å²) in [5, 5.41) is 29.3. The third-order valence-corrected chi connectivity index (χ3v) is 4.40. The third kappa shape index (κ3) is 6.57. The fraction of sp³-hybridized carbons (Fsp3) is 0.190. The fourth-order valence-corrected chi connectivity index (χ4v) is 2.67. The van der Waals surface area contributed by atoms with E-state index in [2.05, 4.69) is 10.6 Å². The topological polar surface area (TPSA) is 109 Å². The summed E-state index contributed by atoms with van der Waals surface area (Å²) in [6, 6.07) is 6.31. The van der Waals surface area contributed by atoms with Crippen LogP contribution in [-0.2, 0) is 23.7 Å². The van der Waals surface area contributed by atoms with Crippen LogP contribution in [0.5, 0.6) is 0 Å². The van der Waals surface area contributed by atoms with Crippen LogP contribution in [0.4, 0.5) is 32.0 Å². The molecule has 0 aliphatic rings. The van der Waals surface area contributed by atoms with Crippen molar-refractivity contribution in [2.75, 3.05) is 5.32 Å². The van der Waals surface area contributed by atoms with Crippen LogP contribution in [-0.4, -0.2) is 22.6 Å². The average Bonchev–Trinajstić information content (AvgIpc) is 2.71. The second kappa shape index (κ2) is 9.76. The van der Waals surface area contributed by atoms with E-state index >= 15 is 0 Å². The molecule has 5 N–H and O–H groups in total. The minimum absolute atomic E-state index is 0.150. The van der Waals surface area contributed by atoms with Crippen molar-refractivity contribution in [3.05, 3.63) is 76.6 Å². The third-order valence-electron chi connectivity index (χ3n) is 4.40. The summed E-state index contributed by atoms with van der Waals surface area (Å²) >= 11 is 0. The molecule has 0 saturated carbocycles. The van der Waals surface area contributed by atoms with E-state index in [9.17, 15) is 31.1 Å². The number of benzene rings is 2. The van der Waals surface area contributed by atoms with Gasteiger partial charge < -0.3 is 21.1 Å². The monoisotopic (exact) mass is 472 g/mol. The Hall–Kier alpha value is -3.83. The molecule has 0 aromatic heterocycles. The van der Waals surface area contributed by atoms with Gasteiger partial charge in [-0.1, -0.05) is 12.1 Å². The smallest absolute Gasteiger partial charge is 0.416 e. The van der Waals surface area contributed by atoms with Crippen molar-refractivity contribution in [3.8, 4) is 0 Å². The van der Waals surface area contributed by atoms with E-state index in [-0.39, 0.29) is 23.5 Å². The Balaban J connectivity index is 2.32. The molecular weight excluding hydrogens is 454 g/mol. The van der Waals surface area contributed by atoms with E-state index in [1.54, 1.807) is 0 Å². The van der Waals surface area contributed by atoms with E-state index in [1.165, 1.54) is 6.92 Å². The highest BCUT2D eigenvalue weighted by Crippen LogP contribution is 2.33. The van der Waals surface area contributed by atoms with E-state index in [4.69, 9.17) is 15.9 Å². The number of halogens is 6. The van der Waals surface area contributed by atoms with Crippen molar-refractivity contribution < 1.29 is 36.2 Å². The van der Waals surface area contributed by atoms with E-state index < -0.39 is 40.8 Å². The summed E-state index contributed by atoms with van der Waals surface area (Å²) in [5.74, 6) is -1.65. The maximum atomic E-state index is 13.2. The van der Waals surface area contributed by atoms with Crippen LogP contribution in [0.25, 0.3) is 0 Å². The zero-order valence-electron chi connectivity index (χ0n) is 16.9. The number of rotatable bonds is 6. The molecule has 6 nitrogen and oxygen atoms in total. The number of carbonyl (C=O) groups is 1. The Labute approximate surface area is 184 Å². The zero-order chi connectivity index (χ0) is 25.0. The van der Waals surface area contributed by atoms with Crippen LogP contribution in [0.1, 0.15) is 29.2 Å². The first-order valence-electron chi connectivity index (χ1n) is 9.15. The van der Waals surface area contributed by atoms with Gasteiger partial charge in [-0.25, -0.2) is 0 Å². The molecule has 2 rings (SSSR count). The second-order valence-electron chi connectivity index (χ2n) is 6.80. The molecule has 1 amide bonds. The lowest BCUT2D eigenvalue weighted by molar-refractivity contribution is -0.138. The van der Waals surface area contributed by atoms with Crippen LogP contribution in [0, 0.1) is 10.8 Å². The number of carbonyl (C=O) groups excluding carboxylic acids is 1. The van der Waals surface area contributed by atoms with Gasteiger partial charge in [-0.15, -0.1) is 0 Å². The molecule has 0 saturated heterocycles.